The summed E-state index contributed by atoms with van der Waals surface area (Å²) in [5.41, 5.74) is 5.55. The first kappa shape index (κ1) is 14.5. The molecule has 0 aromatic rings. The van der Waals surface area contributed by atoms with Gasteiger partial charge in [0.25, 0.3) is 0 Å². The maximum absolute atomic E-state index is 12.1. The summed E-state index contributed by atoms with van der Waals surface area (Å²) in [7, 11) is 0. The van der Waals surface area contributed by atoms with Gasteiger partial charge in [-0.05, 0) is 32.1 Å². The average molecular weight is 284 g/mol. The second-order valence-corrected chi connectivity index (χ2v) is 6.04. The molecule has 2 rings (SSSR count). The number of piperidine rings is 2. The van der Waals surface area contributed by atoms with Crippen molar-refractivity contribution in [2.75, 3.05) is 32.7 Å². The molecule has 6 heteroatoms. The van der Waals surface area contributed by atoms with Crippen molar-refractivity contribution in [2.45, 2.75) is 38.1 Å². The Labute approximate surface area is 120 Å². The molecule has 0 aliphatic carbocycles. The highest BCUT2D eigenvalue weighted by Crippen LogP contribution is 2.12. The minimum Gasteiger partial charge on any atom is -0.392 e. The maximum atomic E-state index is 12.1. The van der Waals surface area contributed by atoms with Crippen LogP contribution in [0.1, 0.15) is 32.1 Å². The van der Waals surface area contributed by atoms with Gasteiger partial charge < -0.3 is 16.0 Å². The molecule has 2 amide bonds. The molecular weight excluding hydrogens is 260 g/mol. The third kappa shape index (κ3) is 4.62. The van der Waals surface area contributed by atoms with Crippen molar-refractivity contribution in [2.24, 2.45) is 5.73 Å². The van der Waals surface area contributed by atoms with E-state index in [9.17, 15) is 4.79 Å². The lowest BCUT2D eigenvalue weighted by atomic mass is 10.1. The molecule has 0 aromatic carbocycles. The smallest absolute Gasteiger partial charge is 0.317 e. The number of nitrogens with two attached hydrogens (primary N) is 1. The molecule has 0 unspecified atom stereocenters. The number of likely N-dealkylation sites (tertiary alicyclic amines) is 2. The van der Waals surface area contributed by atoms with E-state index < -0.39 is 0 Å². The van der Waals surface area contributed by atoms with Crippen molar-refractivity contribution in [3.05, 3.63) is 0 Å². The third-order valence-corrected chi connectivity index (χ3v) is 4.07. The van der Waals surface area contributed by atoms with E-state index in [-0.39, 0.29) is 6.03 Å². The first-order chi connectivity index (χ1) is 9.15. The van der Waals surface area contributed by atoms with Gasteiger partial charge in [-0.2, -0.15) is 0 Å². The summed E-state index contributed by atoms with van der Waals surface area (Å²) in [5, 5.41) is 3.16. The van der Waals surface area contributed by atoms with E-state index in [4.69, 9.17) is 18.0 Å². The summed E-state index contributed by atoms with van der Waals surface area (Å²) in [4.78, 5) is 16.8. The highest BCUT2D eigenvalue weighted by atomic mass is 32.1. The van der Waals surface area contributed by atoms with Crippen LogP contribution in [0.5, 0.6) is 0 Å². The van der Waals surface area contributed by atoms with Crippen LogP contribution in [-0.4, -0.2) is 59.6 Å². The van der Waals surface area contributed by atoms with Crippen LogP contribution in [0, 0.1) is 0 Å². The Morgan fingerprint density at radius 1 is 1.16 bits per heavy atom. The molecular formula is C13H24N4OS. The van der Waals surface area contributed by atoms with Gasteiger partial charge in [0.15, 0.2) is 0 Å². The van der Waals surface area contributed by atoms with Crippen LogP contribution in [0.4, 0.5) is 4.79 Å². The molecule has 2 aliphatic heterocycles. The number of carbonyl (C=O) groups is 1. The zero-order valence-corrected chi connectivity index (χ0v) is 12.3. The molecule has 0 aromatic heterocycles. The Hall–Kier alpha value is -0.880. The van der Waals surface area contributed by atoms with Gasteiger partial charge in [0.05, 0.1) is 4.99 Å². The summed E-state index contributed by atoms with van der Waals surface area (Å²) in [6.07, 6.45) is 5.51. The standard InChI is InChI=1S/C13H24N4OS/c14-12(19)10-16-8-4-11(5-9-16)15-13(18)17-6-2-1-3-7-17/h11H,1-10H2,(H2,14,19)(H,15,18). The van der Waals surface area contributed by atoms with E-state index in [1.807, 2.05) is 4.90 Å². The Bertz CT molecular complexity index is 323. The average Bonchev–Trinajstić information content (AvgIpc) is 2.41. The number of rotatable bonds is 3. The summed E-state index contributed by atoms with van der Waals surface area (Å²) >= 11 is 4.92. The predicted octanol–water partition coefficient (Wildman–Crippen LogP) is 0.932. The number of nitrogens with one attached hydrogen (secondary N) is 1. The molecule has 2 fully saturated rings. The topological polar surface area (TPSA) is 61.6 Å². The summed E-state index contributed by atoms with van der Waals surface area (Å²) < 4.78 is 0. The fraction of sp³-hybridized carbons (Fsp3) is 0.846. The molecule has 0 atom stereocenters. The highest BCUT2D eigenvalue weighted by molar-refractivity contribution is 7.80. The van der Waals surface area contributed by atoms with Gasteiger partial charge in [0.1, 0.15) is 0 Å². The zero-order valence-electron chi connectivity index (χ0n) is 11.4. The van der Waals surface area contributed by atoms with E-state index in [1.54, 1.807) is 0 Å². The van der Waals surface area contributed by atoms with Crippen LogP contribution in [0.2, 0.25) is 0 Å². The monoisotopic (exact) mass is 284 g/mol. The van der Waals surface area contributed by atoms with Gasteiger partial charge in [-0.25, -0.2) is 4.79 Å². The number of urea groups is 1. The van der Waals surface area contributed by atoms with Crippen molar-refractivity contribution in [1.82, 2.24) is 15.1 Å². The van der Waals surface area contributed by atoms with E-state index in [0.717, 1.165) is 51.9 Å². The fourth-order valence-corrected chi connectivity index (χ4v) is 3.00. The van der Waals surface area contributed by atoms with Crippen molar-refractivity contribution >= 4 is 23.2 Å². The lowest BCUT2D eigenvalue weighted by Gasteiger charge is -2.34. The molecule has 3 N–H and O–H groups in total. The summed E-state index contributed by atoms with van der Waals surface area (Å²) in [6.45, 7) is 4.44. The minimum absolute atomic E-state index is 0.118. The maximum Gasteiger partial charge on any atom is 0.317 e. The van der Waals surface area contributed by atoms with Crippen LogP contribution < -0.4 is 11.1 Å². The van der Waals surface area contributed by atoms with Crippen molar-refractivity contribution in [1.29, 1.82) is 0 Å². The second kappa shape index (κ2) is 7.05. The first-order valence-corrected chi connectivity index (χ1v) is 7.62. The second-order valence-electron chi connectivity index (χ2n) is 5.51. The van der Waals surface area contributed by atoms with Crippen LogP contribution >= 0.6 is 12.2 Å². The molecule has 0 bridgehead atoms. The Morgan fingerprint density at radius 3 is 2.37 bits per heavy atom. The van der Waals surface area contributed by atoms with Gasteiger partial charge in [0.2, 0.25) is 0 Å². The third-order valence-electron chi connectivity index (χ3n) is 3.94. The lowest BCUT2D eigenvalue weighted by molar-refractivity contribution is 0.170. The van der Waals surface area contributed by atoms with Crippen LogP contribution in [-0.2, 0) is 0 Å². The fourth-order valence-electron chi connectivity index (χ4n) is 2.82. The number of amides is 2. The van der Waals surface area contributed by atoms with Gasteiger partial charge in [-0.3, -0.25) is 4.90 Å². The molecule has 19 heavy (non-hydrogen) atoms. The zero-order chi connectivity index (χ0) is 13.7. The minimum atomic E-state index is 0.118. The normalized spacial score (nSPS) is 22.2. The molecule has 0 spiro atoms. The quantitative estimate of drug-likeness (QED) is 0.757. The molecule has 2 heterocycles. The van der Waals surface area contributed by atoms with E-state index in [2.05, 4.69) is 10.2 Å². The molecule has 0 saturated carbocycles. The molecule has 2 saturated heterocycles. The van der Waals surface area contributed by atoms with Gasteiger partial charge >= 0.3 is 6.03 Å². The Morgan fingerprint density at radius 2 is 1.79 bits per heavy atom. The predicted molar refractivity (Wildman–Crippen MR) is 80.2 cm³/mol. The Balaban J connectivity index is 1.69. The van der Waals surface area contributed by atoms with Crippen molar-refractivity contribution in [3.63, 3.8) is 0 Å². The van der Waals surface area contributed by atoms with Gasteiger partial charge in [-0.15, -0.1) is 0 Å². The van der Waals surface area contributed by atoms with E-state index >= 15 is 0 Å². The number of nitrogens with zero attached hydrogens (tertiary/aromatic N) is 2. The van der Waals surface area contributed by atoms with Crippen molar-refractivity contribution in [3.8, 4) is 0 Å². The number of hydrogen-bond acceptors (Lipinski definition) is 3. The van der Waals surface area contributed by atoms with Crippen LogP contribution in [0.3, 0.4) is 0 Å². The van der Waals surface area contributed by atoms with E-state index in [1.165, 1.54) is 6.42 Å². The number of thiocarbonyl (C=S) groups is 1. The highest BCUT2D eigenvalue weighted by Gasteiger charge is 2.23. The lowest BCUT2D eigenvalue weighted by Crippen LogP contribution is -2.51. The molecule has 2 aliphatic rings. The number of carbonyl (C=O) groups excluding carboxylic acids is 1. The SMILES string of the molecule is NC(=S)CN1CCC(NC(=O)N2CCCCC2)CC1. The van der Waals surface area contributed by atoms with Gasteiger partial charge in [0, 0.05) is 38.8 Å². The van der Waals surface area contributed by atoms with Crippen LogP contribution in [0.25, 0.3) is 0 Å². The number of hydrogen-bond donors (Lipinski definition) is 2. The first-order valence-electron chi connectivity index (χ1n) is 7.21. The van der Waals surface area contributed by atoms with Crippen LogP contribution in [0.15, 0.2) is 0 Å². The molecule has 108 valence electrons. The largest absolute Gasteiger partial charge is 0.392 e. The summed E-state index contributed by atoms with van der Waals surface area (Å²) in [5.74, 6) is 0. The summed E-state index contributed by atoms with van der Waals surface area (Å²) in [6, 6.07) is 0.421. The van der Waals surface area contributed by atoms with E-state index in [0.29, 0.717) is 17.6 Å². The van der Waals surface area contributed by atoms with Gasteiger partial charge in [-0.1, -0.05) is 12.2 Å². The Kier molecular flexibility index (Phi) is 5.39. The molecule has 0 radical (unpaired) electrons. The molecule has 5 nitrogen and oxygen atoms in total. The van der Waals surface area contributed by atoms with Crippen molar-refractivity contribution < 1.29 is 4.79 Å².